The topological polar surface area (TPSA) is 66.4 Å². The van der Waals surface area contributed by atoms with Gasteiger partial charge in [-0.25, -0.2) is 0 Å². The monoisotopic (exact) mass is 289 g/mol. The normalized spacial score (nSPS) is 24.0. The lowest BCUT2D eigenvalue weighted by Gasteiger charge is -2.34. The van der Waals surface area contributed by atoms with Crippen molar-refractivity contribution < 1.29 is 14.7 Å². The number of carbonyl (C=O) groups excluding carboxylic acids is 2. The van der Waals surface area contributed by atoms with E-state index < -0.39 is 5.54 Å². The Morgan fingerprint density at radius 1 is 1.38 bits per heavy atom. The van der Waals surface area contributed by atoms with Crippen LogP contribution in [0.2, 0.25) is 0 Å². The van der Waals surface area contributed by atoms with E-state index in [1.54, 1.807) is 19.1 Å². The van der Waals surface area contributed by atoms with Crippen LogP contribution in [0.25, 0.3) is 0 Å². The van der Waals surface area contributed by atoms with Gasteiger partial charge in [0.25, 0.3) is 0 Å². The van der Waals surface area contributed by atoms with Gasteiger partial charge >= 0.3 is 0 Å². The lowest BCUT2D eigenvalue weighted by atomic mass is 9.78. The van der Waals surface area contributed by atoms with Crippen LogP contribution in [0.15, 0.2) is 18.2 Å². The molecule has 1 unspecified atom stereocenters. The molecule has 114 valence electrons. The molecule has 1 aromatic carbocycles. The first kappa shape index (κ1) is 15.7. The van der Waals surface area contributed by atoms with Crippen molar-refractivity contribution in [2.24, 2.45) is 0 Å². The minimum Gasteiger partial charge on any atom is -0.508 e. The summed E-state index contributed by atoms with van der Waals surface area (Å²) in [6, 6.07) is 4.79. The maximum Gasteiger partial charge on any atom is 0.149 e. The van der Waals surface area contributed by atoms with Gasteiger partial charge in [-0.05, 0) is 50.5 Å². The molecule has 0 bridgehead atoms. The van der Waals surface area contributed by atoms with Crippen molar-refractivity contribution in [3.8, 4) is 5.75 Å². The molecule has 0 amide bonds. The summed E-state index contributed by atoms with van der Waals surface area (Å²) < 4.78 is 0. The highest BCUT2D eigenvalue weighted by Gasteiger charge is 2.41. The standard InChI is InChI=1S/C17H23NO3/c1-5-15(21)14-8-11-6-7-12(20)9-13(11)16(10(2)19)17(3,4)18-14/h6-7,9,14,16,18,20H,5,8H2,1-4H3/t14-,16?/m0/s1. The second kappa shape index (κ2) is 5.60. The summed E-state index contributed by atoms with van der Waals surface area (Å²) in [6.45, 7) is 7.29. The maximum atomic E-state index is 12.2. The molecule has 0 aliphatic carbocycles. The third-order valence-electron chi connectivity index (χ3n) is 4.28. The Balaban J connectivity index is 2.58. The van der Waals surface area contributed by atoms with E-state index >= 15 is 0 Å². The van der Waals surface area contributed by atoms with Crippen molar-refractivity contribution in [2.75, 3.05) is 0 Å². The molecule has 1 aliphatic heterocycles. The number of hydrogen-bond acceptors (Lipinski definition) is 4. The van der Waals surface area contributed by atoms with E-state index in [-0.39, 0.29) is 29.3 Å². The van der Waals surface area contributed by atoms with Crippen LogP contribution in [0.4, 0.5) is 0 Å². The summed E-state index contributed by atoms with van der Waals surface area (Å²) in [5.41, 5.74) is 1.24. The predicted molar refractivity (Wildman–Crippen MR) is 81.5 cm³/mol. The molecule has 2 N–H and O–H groups in total. The SMILES string of the molecule is CCC(=O)[C@@H]1Cc2ccc(O)cc2C(C(C)=O)C(C)(C)N1. The molecule has 4 heteroatoms. The molecule has 0 aromatic heterocycles. The molecule has 21 heavy (non-hydrogen) atoms. The average Bonchev–Trinajstić information content (AvgIpc) is 2.49. The van der Waals surface area contributed by atoms with Gasteiger partial charge in [-0.1, -0.05) is 13.0 Å². The Morgan fingerprint density at radius 3 is 2.62 bits per heavy atom. The number of benzene rings is 1. The smallest absolute Gasteiger partial charge is 0.149 e. The summed E-state index contributed by atoms with van der Waals surface area (Å²) in [4.78, 5) is 24.3. The first-order valence-electron chi connectivity index (χ1n) is 7.39. The maximum absolute atomic E-state index is 12.2. The summed E-state index contributed by atoms with van der Waals surface area (Å²) >= 11 is 0. The molecule has 0 saturated heterocycles. The van der Waals surface area contributed by atoms with Crippen LogP contribution >= 0.6 is 0 Å². The molecule has 0 spiro atoms. The lowest BCUT2D eigenvalue weighted by molar-refractivity contribution is -0.123. The quantitative estimate of drug-likeness (QED) is 0.896. The van der Waals surface area contributed by atoms with Crippen LogP contribution in [0.3, 0.4) is 0 Å². The molecule has 2 atom stereocenters. The fraction of sp³-hybridized carbons (Fsp3) is 0.529. The Kier molecular flexibility index (Phi) is 4.19. The second-order valence-corrected chi connectivity index (χ2v) is 6.37. The van der Waals surface area contributed by atoms with Gasteiger partial charge in [-0.2, -0.15) is 0 Å². The van der Waals surface area contributed by atoms with Gasteiger partial charge in [0.2, 0.25) is 0 Å². The fourth-order valence-electron chi connectivity index (χ4n) is 3.40. The van der Waals surface area contributed by atoms with E-state index in [4.69, 9.17) is 0 Å². The Labute approximate surface area is 125 Å². The van der Waals surface area contributed by atoms with E-state index in [1.807, 2.05) is 26.8 Å². The second-order valence-electron chi connectivity index (χ2n) is 6.37. The van der Waals surface area contributed by atoms with E-state index in [0.717, 1.165) is 11.1 Å². The van der Waals surface area contributed by atoms with Gasteiger partial charge in [0, 0.05) is 12.0 Å². The number of fused-ring (bicyclic) bond motifs is 1. The predicted octanol–water partition coefficient (Wildman–Crippen LogP) is 2.34. The van der Waals surface area contributed by atoms with Crippen LogP contribution in [-0.2, 0) is 16.0 Å². The number of phenols is 1. The highest BCUT2D eigenvalue weighted by atomic mass is 16.3. The molecular formula is C17H23NO3. The Morgan fingerprint density at radius 2 is 2.05 bits per heavy atom. The van der Waals surface area contributed by atoms with Crippen molar-refractivity contribution in [3.63, 3.8) is 0 Å². The number of aromatic hydroxyl groups is 1. The highest BCUT2D eigenvalue weighted by Crippen LogP contribution is 2.37. The minimum absolute atomic E-state index is 0.0314. The Bertz CT molecular complexity index is 577. The van der Waals surface area contributed by atoms with Crippen LogP contribution in [0.5, 0.6) is 5.75 Å². The van der Waals surface area contributed by atoms with E-state index in [9.17, 15) is 14.7 Å². The molecule has 1 heterocycles. The van der Waals surface area contributed by atoms with E-state index in [2.05, 4.69) is 5.32 Å². The molecule has 0 radical (unpaired) electrons. The summed E-state index contributed by atoms with van der Waals surface area (Å²) in [7, 11) is 0. The number of phenolic OH excluding ortho intramolecular Hbond substituents is 1. The minimum atomic E-state index is -0.541. The first-order valence-corrected chi connectivity index (χ1v) is 7.39. The zero-order valence-electron chi connectivity index (χ0n) is 13.1. The molecule has 0 fully saturated rings. The van der Waals surface area contributed by atoms with E-state index in [0.29, 0.717) is 12.8 Å². The molecule has 1 aromatic rings. The summed E-state index contributed by atoms with van der Waals surface area (Å²) in [5.74, 6) is -0.0550. The van der Waals surface area contributed by atoms with Gasteiger partial charge in [0.05, 0.1) is 12.0 Å². The molecule has 2 rings (SSSR count). The number of carbonyl (C=O) groups is 2. The van der Waals surface area contributed by atoms with Gasteiger partial charge in [0.15, 0.2) is 0 Å². The lowest BCUT2D eigenvalue weighted by Crippen LogP contribution is -2.53. The molecule has 0 saturated carbocycles. The van der Waals surface area contributed by atoms with Crippen molar-refractivity contribution in [1.82, 2.24) is 5.32 Å². The van der Waals surface area contributed by atoms with Crippen LogP contribution in [0.1, 0.15) is 51.2 Å². The van der Waals surface area contributed by atoms with Gasteiger partial charge in [-0.3, -0.25) is 9.59 Å². The third-order valence-corrected chi connectivity index (χ3v) is 4.28. The number of Topliss-reactive ketones (excluding diaryl/α,β-unsaturated/α-hetero) is 2. The molecular weight excluding hydrogens is 266 g/mol. The highest BCUT2D eigenvalue weighted by molar-refractivity contribution is 5.88. The zero-order chi connectivity index (χ0) is 15.8. The summed E-state index contributed by atoms with van der Waals surface area (Å²) in [6.07, 6.45) is 1.02. The van der Waals surface area contributed by atoms with Crippen LogP contribution < -0.4 is 5.32 Å². The van der Waals surface area contributed by atoms with Crippen molar-refractivity contribution in [1.29, 1.82) is 0 Å². The molecule has 4 nitrogen and oxygen atoms in total. The summed E-state index contributed by atoms with van der Waals surface area (Å²) in [5, 5.41) is 13.1. The van der Waals surface area contributed by atoms with Gasteiger partial charge < -0.3 is 10.4 Å². The van der Waals surface area contributed by atoms with Crippen molar-refractivity contribution in [3.05, 3.63) is 29.3 Å². The zero-order valence-corrected chi connectivity index (χ0v) is 13.1. The van der Waals surface area contributed by atoms with Crippen LogP contribution in [-0.4, -0.2) is 28.3 Å². The Hall–Kier alpha value is -1.68. The van der Waals surface area contributed by atoms with Crippen molar-refractivity contribution in [2.45, 2.75) is 58.0 Å². The largest absolute Gasteiger partial charge is 0.508 e. The number of hydrogen-bond donors (Lipinski definition) is 2. The molecule has 1 aliphatic rings. The third kappa shape index (κ3) is 3.00. The number of nitrogens with one attached hydrogen (secondary N) is 1. The number of ketones is 2. The number of rotatable bonds is 3. The van der Waals surface area contributed by atoms with Crippen LogP contribution in [0, 0.1) is 0 Å². The van der Waals surface area contributed by atoms with Crippen molar-refractivity contribution >= 4 is 11.6 Å². The first-order chi connectivity index (χ1) is 9.76. The van der Waals surface area contributed by atoms with Gasteiger partial charge in [0.1, 0.15) is 17.3 Å². The average molecular weight is 289 g/mol. The van der Waals surface area contributed by atoms with E-state index in [1.165, 1.54) is 0 Å². The van der Waals surface area contributed by atoms with Gasteiger partial charge in [-0.15, -0.1) is 0 Å². The fourth-order valence-corrected chi connectivity index (χ4v) is 3.40.